The molecule has 26 heavy (non-hydrogen) atoms. The first-order chi connectivity index (χ1) is 12.1. The summed E-state index contributed by atoms with van der Waals surface area (Å²) in [5.74, 6) is -1.22. The number of hydrogen-bond acceptors (Lipinski definition) is 5. The van der Waals surface area contributed by atoms with Crippen LogP contribution in [0.25, 0.3) is 0 Å². The van der Waals surface area contributed by atoms with Crippen LogP contribution in [0.2, 0.25) is 5.02 Å². The Bertz CT molecular complexity index is 788. The van der Waals surface area contributed by atoms with Crippen LogP contribution in [0.3, 0.4) is 0 Å². The van der Waals surface area contributed by atoms with Gasteiger partial charge in [0, 0.05) is 20.1 Å². The highest BCUT2D eigenvalue weighted by atomic mass is 35.5. The van der Waals surface area contributed by atoms with E-state index in [1.807, 2.05) is 0 Å². The number of nitrogens with one attached hydrogen (secondary N) is 1. The molecule has 2 rings (SSSR count). The smallest absolute Gasteiger partial charge is 0.340 e. The van der Waals surface area contributed by atoms with Gasteiger partial charge in [0.05, 0.1) is 15.5 Å². The molecule has 0 aromatic heterocycles. The van der Waals surface area contributed by atoms with Gasteiger partial charge in [-0.05, 0) is 38.0 Å². The van der Waals surface area contributed by atoms with Gasteiger partial charge in [0.25, 0.3) is 5.91 Å². The van der Waals surface area contributed by atoms with E-state index in [0.717, 1.165) is 36.1 Å². The van der Waals surface area contributed by atoms with Gasteiger partial charge in [0.15, 0.2) is 6.10 Å². The zero-order valence-electron chi connectivity index (χ0n) is 15.0. The van der Waals surface area contributed by atoms with Crippen LogP contribution in [0.15, 0.2) is 23.1 Å². The van der Waals surface area contributed by atoms with Gasteiger partial charge in [-0.15, -0.1) is 0 Å². The third-order valence-corrected chi connectivity index (χ3v) is 6.43. The largest absolute Gasteiger partial charge is 0.449 e. The Morgan fingerprint density at radius 1 is 1.27 bits per heavy atom. The summed E-state index contributed by atoms with van der Waals surface area (Å²) in [4.78, 5) is 24.4. The van der Waals surface area contributed by atoms with E-state index in [1.54, 1.807) is 0 Å². The monoisotopic (exact) mass is 402 g/mol. The van der Waals surface area contributed by atoms with Gasteiger partial charge >= 0.3 is 5.97 Å². The van der Waals surface area contributed by atoms with Crippen molar-refractivity contribution in [3.63, 3.8) is 0 Å². The van der Waals surface area contributed by atoms with Crippen LogP contribution in [0.5, 0.6) is 0 Å². The molecule has 0 heterocycles. The lowest BCUT2D eigenvalue weighted by Gasteiger charge is -2.18. The van der Waals surface area contributed by atoms with Crippen molar-refractivity contribution in [1.29, 1.82) is 0 Å². The number of ether oxygens (including phenoxy) is 1. The molecule has 1 aromatic rings. The quantitative estimate of drug-likeness (QED) is 0.736. The molecular formula is C17H23ClN2O5S. The van der Waals surface area contributed by atoms with Gasteiger partial charge < -0.3 is 10.1 Å². The van der Waals surface area contributed by atoms with Crippen molar-refractivity contribution < 1.29 is 22.7 Å². The van der Waals surface area contributed by atoms with E-state index in [1.165, 1.54) is 33.2 Å². The Morgan fingerprint density at radius 3 is 2.46 bits per heavy atom. The lowest BCUT2D eigenvalue weighted by Crippen LogP contribution is -2.40. The molecule has 0 saturated heterocycles. The van der Waals surface area contributed by atoms with Crippen molar-refractivity contribution >= 4 is 33.5 Å². The summed E-state index contributed by atoms with van der Waals surface area (Å²) in [7, 11) is -0.950. The van der Waals surface area contributed by atoms with E-state index in [-0.39, 0.29) is 27.4 Å². The third-order valence-electron chi connectivity index (χ3n) is 4.29. The summed E-state index contributed by atoms with van der Waals surface area (Å²) >= 11 is 6.01. The highest BCUT2D eigenvalue weighted by Gasteiger charge is 2.26. The molecule has 0 radical (unpaired) electrons. The second-order valence-electron chi connectivity index (χ2n) is 6.47. The second kappa shape index (κ2) is 8.37. The molecule has 9 heteroatoms. The highest BCUT2D eigenvalue weighted by Crippen LogP contribution is 2.23. The van der Waals surface area contributed by atoms with E-state index in [0.29, 0.717) is 0 Å². The molecule has 1 fully saturated rings. The molecule has 1 amide bonds. The average molecular weight is 403 g/mol. The molecule has 0 spiro atoms. The second-order valence-corrected chi connectivity index (χ2v) is 9.03. The Balaban J connectivity index is 2.12. The van der Waals surface area contributed by atoms with E-state index >= 15 is 0 Å². The number of sulfonamides is 1. The first-order valence-corrected chi connectivity index (χ1v) is 10.2. The maximum Gasteiger partial charge on any atom is 0.340 e. The molecule has 1 aliphatic carbocycles. The van der Waals surface area contributed by atoms with Crippen molar-refractivity contribution in [1.82, 2.24) is 9.62 Å². The zero-order chi connectivity index (χ0) is 19.5. The molecule has 1 aliphatic rings. The van der Waals surface area contributed by atoms with Crippen LogP contribution in [0.4, 0.5) is 0 Å². The highest BCUT2D eigenvalue weighted by molar-refractivity contribution is 7.89. The fourth-order valence-corrected chi connectivity index (χ4v) is 3.82. The Labute approximate surface area is 158 Å². The molecule has 1 saturated carbocycles. The van der Waals surface area contributed by atoms with Crippen molar-refractivity contribution in [2.45, 2.75) is 49.6 Å². The number of rotatable bonds is 6. The number of carbonyl (C=O) groups excluding carboxylic acids is 2. The van der Waals surface area contributed by atoms with Gasteiger partial charge in [-0.2, -0.15) is 0 Å². The Hall–Kier alpha value is -1.64. The summed E-state index contributed by atoms with van der Waals surface area (Å²) in [5, 5.41) is 2.90. The van der Waals surface area contributed by atoms with E-state index in [4.69, 9.17) is 16.3 Å². The number of halogens is 1. The van der Waals surface area contributed by atoms with Crippen LogP contribution in [-0.2, 0) is 19.6 Å². The maximum atomic E-state index is 12.4. The van der Waals surface area contributed by atoms with Gasteiger partial charge in [-0.1, -0.05) is 24.4 Å². The van der Waals surface area contributed by atoms with Crippen LogP contribution in [-0.4, -0.2) is 50.8 Å². The molecule has 144 valence electrons. The molecule has 0 aliphatic heterocycles. The van der Waals surface area contributed by atoms with E-state index < -0.39 is 22.1 Å². The summed E-state index contributed by atoms with van der Waals surface area (Å²) in [6.07, 6.45) is 2.98. The Morgan fingerprint density at radius 2 is 1.88 bits per heavy atom. The summed E-state index contributed by atoms with van der Waals surface area (Å²) in [5.41, 5.74) is -0.102. The predicted octanol–water partition coefficient (Wildman–Crippen LogP) is 2.19. The molecule has 1 aromatic carbocycles. The number of amides is 1. The summed E-state index contributed by atoms with van der Waals surface area (Å²) in [6.45, 7) is 1.47. The normalized spacial score (nSPS) is 16.5. The molecule has 1 unspecified atom stereocenters. The fourth-order valence-electron chi connectivity index (χ4n) is 2.70. The minimum Gasteiger partial charge on any atom is -0.449 e. The van der Waals surface area contributed by atoms with Gasteiger partial charge in [-0.25, -0.2) is 17.5 Å². The molecular weight excluding hydrogens is 380 g/mol. The van der Waals surface area contributed by atoms with E-state index in [9.17, 15) is 18.0 Å². The lowest BCUT2D eigenvalue weighted by atomic mass is 10.2. The van der Waals surface area contributed by atoms with E-state index in [2.05, 4.69) is 5.32 Å². The van der Waals surface area contributed by atoms with Gasteiger partial charge in [0.2, 0.25) is 10.0 Å². The van der Waals surface area contributed by atoms with Crippen molar-refractivity contribution in [2.75, 3.05) is 14.1 Å². The van der Waals surface area contributed by atoms with Crippen LogP contribution < -0.4 is 5.32 Å². The predicted molar refractivity (Wildman–Crippen MR) is 97.6 cm³/mol. The average Bonchev–Trinajstić information content (AvgIpc) is 3.07. The first-order valence-electron chi connectivity index (χ1n) is 8.36. The number of esters is 1. The SMILES string of the molecule is CC(OC(=O)c1cc(S(=O)(=O)N(C)C)ccc1Cl)C(=O)NC1CCCC1. The number of benzene rings is 1. The first kappa shape index (κ1) is 20.7. The number of carbonyl (C=O) groups is 2. The number of nitrogens with zero attached hydrogens (tertiary/aromatic N) is 1. The van der Waals surface area contributed by atoms with Gasteiger partial charge in [-0.3, -0.25) is 4.79 Å². The topological polar surface area (TPSA) is 92.8 Å². The zero-order valence-corrected chi connectivity index (χ0v) is 16.6. The number of hydrogen-bond donors (Lipinski definition) is 1. The molecule has 1 atom stereocenters. The van der Waals surface area contributed by atoms with Crippen molar-refractivity contribution in [3.8, 4) is 0 Å². The minimum absolute atomic E-state index is 0.0520. The minimum atomic E-state index is -3.72. The lowest BCUT2D eigenvalue weighted by molar-refractivity contribution is -0.129. The van der Waals surface area contributed by atoms with Crippen molar-refractivity contribution in [2.24, 2.45) is 0 Å². The fraction of sp³-hybridized carbons (Fsp3) is 0.529. The third kappa shape index (κ3) is 4.75. The van der Waals surface area contributed by atoms with Crippen LogP contribution >= 0.6 is 11.6 Å². The van der Waals surface area contributed by atoms with Crippen LogP contribution in [0, 0.1) is 0 Å². The van der Waals surface area contributed by atoms with Crippen molar-refractivity contribution in [3.05, 3.63) is 28.8 Å². The summed E-state index contributed by atoms with van der Waals surface area (Å²) in [6, 6.07) is 3.89. The van der Waals surface area contributed by atoms with Crippen LogP contribution in [0.1, 0.15) is 43.0 Å². The molecule has 0 bridgehead atoms. The molecule has 1 N–H and O–H groups in total. The van der Waals surface area contributed by atoms with Gasteiger partial charge in [0.1, 0.15) is 0 Å². The standard InChI is InChI=1S/C17H23ClN2O5S/c1-11(16(21)19-12-6-4-5-7-12)25-17(22)14-10-13(8-9-15(14)18)26(23,24)20(2)3/h8-12H,4-7H2,1-3H3,(H,19,21). The summed E-state index contributed by atoms with van der Waals surface area (Å²) < 4.78 is 30.6. The Kier molecular flexibility index (Phi) is 6.65. The molecule has 7 nitrogen and oxygen atoms in total. The maximum absolute atomic E-state index is 12.4.